The number of hydrogen-bond acceptors (Lipinski definition) is 8. The smallest absolute Gasteiger partial charge is 0.318 e. The summed E-state index contributed by atoms with van der Waals surface area (Å²) >= 11 is 1.69. The van der Waals surface area contributed by atoms with Crippen molar-refractivity contribution in [2.75, 3.05) is 40.8 Å². The van der Waals surface area contributed by atoms with Crippen LogP contribution in [0.2, 0.25) is 0 Å². The summed E-state index contributed by atoms with van der Waals surface area (Å²) in [6.07, 6.45) is 0.918. The van der Waals surface area contributed by atoms with Crippen LogP contribution in [0.4, 0.5) is 5.69 Å². The zero-order chi connectivity index (χ0) is 21.7. The first-order valence-corrected chi connectivity index (χ1v) is 10.4. The van der Waals surface area contributed by atoms with Gasteiger partial charge in [0.15, 0.2) is 5.75 Å². The molecule has 2 aromatic rings. The fourth-order valence-electron chi connectivity index (χ4n) is 3.65. The predicted molar refractivity (Wildman–Crippen MR) is 114 cm³/mol. The molecule has 1 unspecified atom stereocenters. The zero-order valence-corrected chi connectivity index (χ0v) is 18.2. The number of thioether (sulfide) groups is 1. The van der Waals surface area contributed by atoms with Gasteiger partial charge in [0, 0.05) is 11.3 Å². The van der Waals surface area contributed by atoms with Crippen LogP contribution < -0.4 is 18.9 Å². The highest BCUT2D eigenvalue weighted by Crippen LogP contribution is 2.50. The molecule has 0 radical (unpaired) electrons. The molecule has 0 aromatic heterocycles. The summed E-state index contributed by atoms with van der Waals surface area (Å²) in [6.45, 7) is 0.610. The van der Waals surface area contributed by atoms with E-state index in [2.05, 4.69) is 0 Å². The second kappa shape index (κ2) is 9.44. The monoisotopic (exact) mass is 435 g/mol. The molecule has 30 heavy (non-hydrogen) atoms. The van der Waals surface area contributed by atoms with E-state index >= 15 is 0 Å². The second-order valence-electron chi connectivity index (χ2n) is 6.59. The molecule has 0 saturated carbocycles. The Morgan fingerprint density at radius 1 is 1.10 bits per heavy atom. The molecular formula is C21H25NO7S. The number of aryl methyl sites for hydroxylation is 1. The van der Waals surface area contributed by atoms with Crippen molar-refractivity contribution in [3.63, 3.8) is 0 Å². The number of nitro groups is 1. The number of ether oxygens (including phenoxy) is 5. The van der Waals surface area contributed by atoms with Gasteiger partial charge in [0.05, 0.1) is 40.0 Å². The Labute approximate surface area is 179 Å². The third-order valence-corrected chi connectivity index (χ3v) is 6.45. The zero-order valence-electron chi connectivity index (χ0n) is 17.4. The van der Waals surface area contributed by atoms with Crippen LogP contribution in [0.15, 0.2) is 30.3 Å². The van der Waals surface area contributed by atoms with E-state index in [1.807, 2.05) is 24.3 Å². The molecule has 0 N–H and O–H groups in total. The topological polar surface area (TPSA) is 89.3 Å². The lowest BCUT2D eigenvalue weighted by Gasteiger charge is -2.28. The van der Waals surface area contributed by atoms with Gasteiger partial charge < -0.3 is 23.7 Å². The molecule has 1 aliphatic heterocycles. The molecule has 1 saturated heterocycles. The van der Waals surface area contributed by atoms with Crippen LogP contribution in [0.1, 0.15) is 17.5 Å². The van der Waals surface area contributed by atoms with E-state index in [1.54, 1.807) is 24.9 Å². The van der Waals surface area contributed by atoms with Crippen LogP contribution in [0.25, 0.3) is 0 Å². The van der Waals surface area contributed by atoms with E-state index in [9.17, 15) is 10.1 Å². The summed E-state index contributed by atoms with van der Waals surface area (Å²) in [4.78, 5) is 10.8. The van der Waals surface area contributed by atoms with E-state index in [0.29, 0.717) is 30.8 Å². The number of methoxy groups -OCH3 is 4. The molecule has 9 heteroatoms. The largest absolute Gasteiger partial charge is 0.497 e. The minimum atomic E-state index is -0.608. The Hall–Kier alpha value is -2.65. The number of hydrogen-bond donors (Lipinski definition) is 0. The molecule has 1 atom stereocenters. The van der Waals surface area contributed by atoms with Crippen LogP contribution in [0.5, 0.6) is 23.0 Å². The minimum absolute atomic E-state index is 0.0484. The summed E-state index contributed by atoms with van der Waals surface area (Å²) in [5, 5.41) is 11.9. The van der Waals surface area contributed by atoms with E-state index in [-0.39, 0.29) is 17.2 Å². The number of rotatable bonds is 9. The fourth-order valence-corrected chi connectivity index (χ4v) is 4.85. The summed E-state index contributed by atoms with van der Waals surface area (Å²) in [5.41, 5.74) is 1.34. The average molecular weight is 435 g/mol. The molecule has 2 aromatic carbocycles. The van der Waals surface area contributed by atoms with Crippen LogP contribution >= 0.6 is 11.8 Å². The summed E-state index contributed by atoms with van der Waals surface area (Å²) in [5.74, 6) is 2.21. The van der Waals surface area contributed by atoms with Crippen LogP contribution in [-0.4, -0.2) is 45.7 Å². The maximum atomic E-state index is 11.9. The normalized spacial score (nSPS) is 18.1. The van der Waals surface area contributed by atoms with E-state index in [4.69, 9.17) is 23.7 Å². The van der Waals surface area contributed by atoms with Crippen LogP contribution in [0, 0.1) is 10.1 Å². The van der Waals surface area contributed by atoms with Crippen molar-refractivity contribution in [3.8, 4) is 23.0 Å². The Balaban J connectivity index is 2.01. The highest BCUT2D eigenvalue weighted by atomic mass is 32.2. The van der Waals surface area contributed by atoms with Crippen LogP contribution in [0.3, 0.4) is 0 Å². The van der Waals surface area contributed by atoms with Gasteiger partial charge in [0.1, 0.15) is 10.7 Å². The molecule has 3 rings (SSSR count). The van der Waals surface area contributed by atoms with E-state index < -0.39 is 9.86 Å². The van der Waals surface area contributed by atoms with Gasteiger partial charge in [-0.25, -0.2) is 0 Å². The van der Waals surface area contributed by atoms with Gasteiger partial charge >= 0.3 is 5.69 Å². The van der Waals surface area contributed by atoms with Gasteiger partial charge in [0.2, 0.25) is 11.5 Å². The SMILES string of the molecule is COc1cccc(C2(CCc3cc(OC)c(OC)c(OC)c3[N+](=O)[O-])OCCS2)c1. The first-order valence-electron chi connectivity index (χ1n) is 9.38. The maximum absolute atomic E-state index is 11.9. The molecule has 1 fully saturated rings. The van der Waals surface area contributed by atoms with Crippen molar-refractivity contribution in [2.24, 2.45) is 0 Å². The second-order valence-corrected chi connectivity index (χ2v) is 7.95. The summed E-state index contributed by atoms with van der Waals surface area (Å²) in [7, 11) is 5.90. The maximum Gasteiger partial charge on any atom is 0.318 e. The molecule has 0 amide bonds. The standard InChI is InChI=1S/C21H25NO7S/c1-25-16-7-5-6-15(13-16)21(29-10-11-30-21)9-8-14-12-17(26-2)19(27-3)20(28-4)18(14)22(23)24/h5-7,12-13H,8-11H2,1-4H3. The Morgan fingerprint density at radius 3 is 2.43 bits per heavy atom. The first kappa shape index (κ1) is 22.0. The minimum Gasteiger partial charge on any atom is -0.497 e. The molecule has 8 nitrogen and oxygen atoms in total. The van der Waals surface area contributed by atoms with Crippen molar-refractivity contribution in [2.45, 2.75) is 17.8 Å². The summed E-state index contributed by atoms with van der Waals surface area (Å²) in [6, 6.07) is 9.37. The molecule has 0 spiro atoms. The molecule has 1 heterocycles. The third kappa shape index (κ3) is 4.13. The molecule has 0 aliphatic carbocycles. The molecule has 162 valence electrons. The quantitative estimate of drug-likeness (QED) is 0.428. The van der Waals surface area contributed by atoms with Crippen molar-refractivity contribution in [1.29, 1.82) is 0 Å². The molecule has 0 bridgehead atoms. The van der Waals surface area contributed by atoms with Crippen molar-refractivity contribution < 1.29 is 28.6 Å². The van der Waals surface area contributed by atoms with Crippen molar-refractivity contribution in [1.82, 2.24) is 0 Å². The third-order valence-electron chi connectivity index (χ3n) is 5.05. The molecular weight excluding hydrogens is 410 g/mol. The predicted octanol–water partition coefficient (Wildman–Crippen LogP) is 4.18. The Kier molecular flexibility index (Phi) is 6.94. The van der Waals surface area contributed by atoms with Crippen molar-refractivity contribution in [3.05, 3.63) is 51.6 Å². The van der Waals surface area contributed by atoms with Crippen molar-refractivity contribution >= 4 is 17.4 Å². The highest BCUT2D eigenvalue weighted by molar-refractivity contribution is 8.00. The highest BCUT2D eigenvalue weighted by Gasteiger charge is 2.39. The van der Waals surface area contributed by atoms with Gasteiger partial charge in [-0.2, -0.15) is 0 Å². The summed E-state index contributed by atoms with van der Waals surface area (Å²) < 4.78 is 27.5. The van der Waals surface area contributed by atoms with E-state index in [0.717, 1.165) is 17.1 Å². The van der Waals surface area contributed by atoms with Gasteiger partial charge in [-0.1, -0.05) is 12.1 Å². The van der Waals surface area contributed by atoms with Gasteiger partial charge in [0.25, 0.3) is 0 Å². The lowest BCUT2D eigenvalue weighted by Crippen LogP contribution is -2.22. The molecule has 1 aliphatic rings. The number of benzene rings is 2. The fraction of sp³-hybridized carbons (Fsp3) is 0.429. The van der Waals surface area contributed by atoms with Gasteiger partial charge in [-0.3, -0.25) is 10.1 Å². The Bertz CT molecular complexity index is 912. The van der Waals surface area contributed by atoms with E-state index in [1.165, 1.54) is 21.3 Å². The number of nitrogens with zero attached hydrogens (tertiary/aromatic N) is 1. The lowest BCUT2D eigenvalue weighted by atomic mass is 9.98. The van der Waals surface area contributed by atoms with Gasteiger partial charge in [-0.05, 0) is 36.6 Å². The van der Waals surface area contributed by atoms with Crippen LogP contribution in [-0.2, 0) is 16.1 Å². The lowest BCUT2D eigenvalue weighted by molar-refractivity contribution is -0.386. The van der Waals surface area contributed by atoms with Gasteiger partial charge in [-0.15, -0.1) is 11.8 Å². The first-order chi connectivity index (χ1) is 14.5. The average Bonchev–Trinajstić information content (AvgIpc) is 3.26. The Morgan fingerprint density at radius 2 is 1.87 bits per heavy atom. The number of nitro benzene ring substituents is 1.